The van der Waals surface area contributed by atoms with Crippen LogP contribution in [0.25, 0.3) is 11.3 Å². The molecular formula is C24H23ClF5N3O2. The summed E-state index contributed by atoms with van der Waals surface area (Å²) < 4.78 is 70.1. The van der Waals surface area contributed by atoms with E-state index in [2.05, 4.69) is 15.4 Å². The molecular weight excluding hydrogens is 493 g/mol. The van der Waals surface area contributed by atoms with Gasteiger partial charge in [-0.25, -0.2) is 8.78 Å². The minimum absolute atomic E-state index is 0. The van der Waals surface area contributed by atoms with E-state index >= 15 is 0 Å². The Hall–Kier alpha value is -2.98. The highest BCUT2D eigenvalue weighted by atomic mass is 35.5. The SMILES string of the molecule is Cl.O=C(NCC1CCN(Cc2ccc(C(F)(F)F)cc2)CC1)c1cc(-c2ccc(F)cc2F)on1. The van der Waals surface area contributed by atoms with Gasteiger partial charge in [-0.15, -0.1) is 12.4 Å². The molecule has 1 aromatic heterocycles. The van der Waals surface area contributed by atoms with Gasteiger partial charge >= 0.3 is 6.18 Å². The van der Waals surface area contributed by atoms with Crippen molar-refractivity contribution >= 4 is 18.3 Å². The van der Waals surface area contributed by atoms with E-state index in [1.807, 2.05) is 0 Å². The Balaban J connectivity index is 0.00000342. The lowest BCUT2D eigenvalue weighted by atomic mass is 9.96. The zero-order chi connectivity index (χ0) is 24.3. The van der Waals surface area contributed by atoms with Crippen LogP contribution in [0.4, 0.5) is 22.0 Å². The molecule has 0 radical (unpaired) electrons. The number of aromatic nitrogens is 1. The highest BCUT2D eigenvalue weighted by molar-refractivity contribution is 5.93. The van der Waals surface area contributed by atoms with Gasteiger partial charge in [0.05, 0.1) is 11.1 Å². The van der Waals surface area contributed by atoms with E-state index in [-0.39, 0.29) is 35.3 Å². The first-order valence-corrected chi connectivity index (χ1v) is 10.8. The minimum atomic E-state index is -4.34. The van der Waals surface area contributed by atoms with Crippen LogP contribution in [0, 0.1) is 17.6 Å². The molecule has 1 fully saturated rings. The van der Waals surface area contributed by atoms with Crippen molar-refractivity contribution in [3.63, 3.8) is 0 Å². The van der Waals surface area contributed by atoms with Gasteiger partial charge < -0.3 is 9.84 Å². The third-order valence-corrected chi connectivity index (χ3v) is 5.89. The lowest BCUT2D eigenvalue weighted by Crippen LogP contribution is -2.38. The molecule has 3 aromatic rings. The molecule has 1 aliphatic rings. The van der Waals surface area contributed by atoms with E-state index in [9.17, 15) is 26.7 Å². The first kappa shape index (κ1) is 26.6. The summed E-state index contributed by atoms with van der Waals surface area (Å²) >= 11 is 0. The molecule has 1 aliphatic heterocycles. The number of benzene rings is 2. The lowest BCUT2D eigenvalue weighted by Gasteiger charge is -2.32. The number of hydrogen-bond acceptors (Lipinski definition) is 4. The standard InChI is InChI=1S/C24H22F5N3O2.ClH/c25-18-5-6-19(20(26)11-18)22-12-21(31-34-22)23(33)30-13-15-7-9-32(10-8-15)14-16-1-3-17(4-2-16)24(27,28)29;/h1-6,11-12,15H,7-10,13-14H2,(H,30,33);1H. The van der Waals surface area contributed by atoms with Gasteiger partial charge in [-0.3, -0.25) is 9.69 Å². The molecule has 0 spiro atoms. The van der Waals surface area contributed by atoms with Crippen molar-refractivity contribution < 1.29 is 31.3 Å². The highest BCUT2D eigenvalue weighted by Crippen LogP contribution is 2.29. The van der Waals surface area contributed by atoms with Crippen molar-refractivity contribution in [2.45, 2.75) is 25.6 Å². The van der Waals surface area contributed by atoms with Crippen LogP contribution in [0.1, 0.15) is 34.5 Å². The number of nitrogens with one attached hydrogen (secondary N) is 1. The zero-order valence-corrected chi connectivity index (χ0v) is 19.3. The number of halogens is 6. The fraction of sp³-hybridized carbons (Fsp3) is 0.333. The Bertz CT molecular complexity index is 1140. The van der Waals surface area contributed by atoms with Crippen molar-refractivity contribution in [3.05, 3.63) is 77.0 Å². The number of rotatable bonds is 6. The second-order valence-corrected chi connectivity index (χ2v) is 8.32. The molecule has 11 heteroatoms. The van der Waals surface area contributed by atoms with Gasteiger partial charge in [0.25, 0.3) is 5.91 Å². The average molecular weight is 516 g/mol. The molecule has 1 saturated heterocycles. The predicted molar refractivity (Wildman–Crippen MR) is 121 cm³/mol. The van der Waals surface area contributed by atoms with Crippen LogP contribution in [0.2, 0.25) is 0 Å². The van der Waals surface area contributed by atoms with E-state index in [1.165, 1.54) is 24.3 Å². The Morgan fingerprint density at radius 3 is 2.37 bits per heavy atom. The molecule has 2 aromatic carbocycles. The normalized spacial score (nSPS) is 15.0. The summed E-state index contributed by atoms with van der Waals surface area (Å²) in [6, 6.07) is 9.52. The molecule has 188 valence electrons. The summed E-state index contributed by atoms with van der Waals surface area (Å²) in [6.07, 6.45) is -2.69. The van der Waals surface area contributed by atoms with E-state index in [1.54, 1.807) is 0 Å². The molecule has 35 heavy (non-hydrogen) atoms. The summed E-state index contributed by atoms with van der Waals surface area (Å²) in [5.41, 5.74) is 0.166. The van der Waals surface area contributed by atoms with Crippen LogP contribution >= 0.6 is 12.4 Å². The first-order valence-electron chi connectivity index (χ1n) is 10.8. The van der Waals surface area contributed by atoms with Crippen LogP contribution in [0.3, 0.4) is 0 Å². The molecule has 4 rings (SSSR count). The molecule has 0 unspecified atom stereocenters. The molecule has 0 saturated carbocycles. The molecule has 5 nitrogen and oxygen atoms in total. The minimum Gasteiger partial charge on any atom is -0.355 e. The van der Waals surface area contributed by atoms with Crippen molar-refractivity contribution in [2.75, 3.05) is 19.6 Å². The van der Waals surface area contributed by atoms with Crippen LogP contribution < -0.4 is 5.32 Å². The number of carbonyl (C=O) groups excluding carboxylic acids is 1. The largest absolute Gasteiger partial charge is 0.416 e. The third kappa shape index (κ3) is 6.79. The summed E-state index contributed by atoms with van der Waals surface area (Å²) in [7, 11) is 0. The van der Waals surface area contributed by atoms with Crippen LogP contribution in [-0.4, -0.2) is 35.6 Å². The van der Waals surface area contributed by atoms with Gasteiger partial charge in [0.15, 0.2) is 11.5 Å². The van der Waals surface area contributed by atoms with Crippen molar-refractivity contribution in [1.29, 1.82) is 0 Å². The molecule has 2 heterocycles. The molecule has 0 bridgehead atoms. The van der Waals surface area contributed by atoms with Crippen LogP contribution in [-0.2, 0) is 12.7 Å². The summed E-state index contributed by atoms with van der Waals surface area (Å²) in [5, 5.41) is 6.48. The van der Waals surface area contributed by atoms with E-state index in [0.717, 1.165) is 55.8 Å². The molecule has 0 atom stereocenters. The Labute approximate surface area is 204 Å². The maximum Gasteiger partial charge on any atom is 0.416 e. The van der Waals surface area contributed by atoms with Gasteiger partial charge in [-0.1, -0.05) is 17.3 Å². The second kappa shape index (κ2) is 11.2. The second-order valence-electron chi connectivity index (χ2n) is 8.32. The summed E-state index contributed by atoms with van der Waals surface area (Å²) in [6.45, 7) is 2.53. The number of hydrogen-bond donors (Lipinski definition) is 1. The number of carbonyl (C=O) groups is 1. The van der Waals surface area contributed by atoms with Gasteiger partial charge in [0.2, 0.25) is 0 Å². The van der Waals surface area contributed by atoms with E-state index < -0.39 is 29.3 Å². The number of amides is 1. The van der Waals surface area contributed by atoms with E-state index in [0.29, 0.717) is 13.1 Å². The first-order chi connectivity index (χ1) is 16.2. The molecule has 0 aliphatic carbocycles. The number of nitrogens with zero attached hydrogens (tertiary/aromatic N) is 2. The van der Waals surface area contributed by atoms with Gasteiger partial charge in [0.1, 0.15) is 11.6 Å². The fourth-order valence-corrected chi connectivity index (χ4v) is 3.93. The van der Waals surface area contributed by atoms with Gasteiger partial charge in [0, 0.05) is 25.2 Å². The molecule has 1 N–H and O–H groups in total. The summed E-state index contributed by atoms with van der Waals surface area (Å²) in [5.74, 6) is -1.71. The lowest BCUT2D eigenvalue weighted by molar-refractivity contribution is -0.137. The molecule has 1 amide bonds. The highest BCUT2D eigenvalue weighted by Gasteiger charge is 2.30. The van der Waals surface area contributed by atoms with Crippen molar-refractivity contribution in [2.24, 2.45) is 5.92 Å². The zero-order valence-electron chi connectivity index (χ0n) is 18.4. The van der Waals surface area contributed by atoms with Crippen molar-refractivity contribution in [3.8, 4) is 11.3 Å². The monoisotopic (exact) mass is 515 g/mol. The maximum absolute atomic E-state index is 13.9. The number of piperidine rings is 1. The maximum atomic E-state index is 13.9. The topological polar surface area (TPSA) is 58.4 Å². The fourth-order valence-electron chi connectivity index (χ4n) is 3.93. The van der Waals surface area contributed by atoms with Gasteiger partial charge in [-0.2, -0.15) is 13.2 Å². The van der Waals surface area contributed by atoms with Crippen LogP contribution in [0.5, 0.6) is 0 Å². The average Bonchev–Trinajstić information content (AvgIpc) is 3.28. The third-order valence-electron chi connectivity index (χ3n) is 5.89. The summed E-state index contributed by atoms with van der Waals surface area (Å²) in [4.78, 5) is 14.6. The Morgan fingerprint density at radius 1 is 1.06 bits per heavy atom. The van der Waals surface area contributed by atoms with Gasteiger partial charge in [-0.05, 0) is 61.7 Å². The smallest absolute Gasteiger partial charge is 0.355 e. The van der Waals surface area contributed by atoms with E-state index in [4.69, 9.17) is 4.52 Å². The van der Waals surface area contributed by atoms with Crippen molar-refractivity contribution in [1.82, 2.24) is 15.4 Å². The number of likely N-dealkylation sites (tertiary alicyclic amines) is 1. The number of alkyl halides is 3. The predicted octanol–water partition coefficient (Wildman–Crippen LogP) is 5.70. The Kier molecular flexibility index (Phi) is 8.50. The van der Waals surface area contributed by atoms with Crippen LogP contribution in [0.15, 0.2) is 53.1 Å². The Morgan fingerprint density at radius 2 is 1.74 bits per heavy atom. The quantitative estimate of drug-likeness (QED) is 0.428.